The summed E-state index contributed by atoms with van der Waals surface area (Å²) in [4.78, 5) is 19.0. The van der Waals surface area contributed by atoms with Gasteiger partial charge in [-0.25, -0.2) is 9.07 Å². The quantitative estimate of drug-likeness (QED) is 0.603. The Labute approximate surface area is 189 Å². The summed E-state index contributed by atoms with van der Waals surface area (Å²) >= 11 is 5.88. The number of hydrogen-bond donors (Lipinski definition) is 0. The van der Waals surface area contributed by atoms with E-state index in [1.54, 1.807) is 11.0 Å². The number of rotatable bonds is 7. The van der Waals surface area contributed by atoms with Crippen LogP contribution in [0.4, 0.5) is 10.2 Å². The predicted octanol–water partition coefficient (Wildman–Crippen LogP) is 3.83. The van der Waals surface area contributed by atoms with Gasteiger partial charge in [0.2, 0.25) is 5.91 Å². The van der Waals surface area contributed by atoms with Crippen molar-refractivity contribution in [3.8, 4) is 5.69 Å². The highest BCUT2D eigenvalue weighted by atomic mass is 35.5. The van der Waals surface area contributed by atoms with E-state index in [2.05, 4.69) is 23.6 Å². The number of piperazine rings is 1. The Bertz CT molecular complexity index is 905. The van der Waals surface area contributed by atoms with Crippen LogP contribution in [-0.2, 0) is 11.3 Å². The predicted molar refractivity (Wildman–Crippen MR) is 124 cm³/mol. The highest BCUT2D eigenvalue weighted by molar-refractivity contribution is 6.27. The molecule has 2 heterocycles. The maximum absolute atomic E-state index is 14.0. The summed E-state index contributed by atoms with van der Waals surface area (Å²) in [5.41, 5.74) is 2.49. The third-order valence-electron chi connectivity index (χ3n) is 5.94. The van der Waals surface area contributed by atoms with Crippen molar-refractivity contribution in [1.82, 2.24) is 19.6 Å². The summed E-state index contributed by atoms with van der Waals surface area (Å²) in [6.45, 7) is 14.3. The van der Waals surface area contributed by atoms with Gasteiger partial charge in [-0.05, 0) is 52.8 Å². The average Bonchev–Trinajstić information content (AvgIpc) is 3.07. The molecule has 3 rings (SSSR count). The van der Waals surface area contributed by atoms with Crippen LogP contribution in [0, 0.1) is 12.7 Å². The highest BCUT2D eigenvalue weighted by Gasteiger charge is 2.29. The lowest BCUT2D eigenvalue weighted by molar-refractivity contribution is -0.130. The van der Waals surface area contributed by atoms with Crippen molar-refractivity contribution in [2.24, 2.45) is 0 Å². The number of aromatic nitrogens is 2. The molecule has 0 spiro atoms. The monoisotopic (exact) mass is 449 g/mol. The van der Waals surface area contributed by atoms with Crippen LogP contribution in [0.15, 0.2) is 24.3 Å². The second-order valence-electron chi connectivity index (χ2n) is 8.65. The van der Waals surface area contributed by atoms with Crippen LogP contribution < -0.4 is 4.90 Å². The molecule has 0 radical (unpaired) electrons. The van der Waals surface area contributed by atoms with E-state index in [1.807, 2.05) is 31.5 Å². The van der Waals surface area contributed by atoms with E-state index in [-0.39, 0.29) is 23.6 Å². The number of aryl methyl sites for hydroxylation is 1. The molecule has 0 aliphatic carbocycles. The van der Waals surface area contributed by atoms with Crippen molar-refractivity contribution < 1.29 is 9.18 Å². The van der Waals surface area contributed by atoms with E-state index in [4.69, 9.17) is 16.7 Å². The maximum atomic E-state index is 14.0. The topological polar surface area (TPSA) is 44.6 Å². The summed E-state index contributed by atoms with van der Waals surface area (Å²) in [7, 11) is 0. The van der Waals surface area contributed by atoms with Gasteiger partial charge in [-0.2, -0.15) is 5.10 Å². The Morgan fingerprint density at radius 1 is 1.19 bits per heavy atom. The van der Waals surface area contributed by atoms with E-state index in [9.17, 15) is 9.18 Å². The summed E-state index contributed by atoms with van der Waals surface area (Å²) < 4.78 is 15.8. The first-order chi connectivity index (χ1) is 14.7. The molecule has 0 N–H and O–H groups in total. The first-order valence-corrected chi connectivity index (χ1v) is 11.4. The molecule has 0 atom stereocenters. The lowest BCUT2D eigenvalue weighted by atomic mass is 10.1. The van der Waals surface area contributed by atoms with Gasteiger partial charge >= 0.3 is 0 Å². The number of amides is 1. The average molecular weight is 450 g/mol. The van der Waals surface area contributed by atoms with Crippen LogP contribution in [0.3, 0.4) is 0 Å². The fourth-order valence-corrected chi connectivity index (χ4v) is 4.25. The number of nitrogens with zero attached hydrogens (tertiary/aromatic N) is 5. The molecule has 0 unspecified atom stereocenters. The maximum Gasteiger partial charge on any atom is 0.238 e. The van der Waals surface area contributed by atoms with Crippen LogP contribution in [-0.4, -0.2) is 69.6 Å². The first kappa shape index (κ1) is 23.5. The van der Waals surface area contributed by atoms with Gasteiger partial charge in [0.05, 0.1) is 17.9 Å². The minimum atomic E-state index is -0.302. The molecule has 0 saturated carbocycles. The van der Waals surface area contributed by atoms with Crippen LogP contribution in [0.25, 0.3) is 5.69 Å². The highest BCUT2D eigenvalue weighted by Crippen LogP contribution is 2.30. The SMILES string of the molecule is Cc1nn(-c2cccc(F)c2)c(N2CCN(C(C)C)CC2)c1CN(C(=O)CCl)C(C)C. The number of hydrogen-bond acceptors (Lipinski definition) is 4. The van der Waals surface area contributed by atoms with Crippen LogP contribution in [0.1, 0.15) is 39.0 Å². The van der Waals surface area contributed by atoms with Gasteiger partial charge in [0.15, 0.2) is 0 Å². The number of carbonyl (C=O) groups is 1. The van der Waals surface area contributed by atoms with Crippen molar-refractivity contribution in [3.05, 3.63) is 41.3 Å². The van der Waals surface area contributed by atoms with Crippen molar-refractivity contribution in [2.45, 2.75) is 53.2 Å². The normalized spacial score (nSPS) is 15.2. The fraction of sp³-hybridized carbons (Fsp3) is 0.565. The van der Waals surface area contributed by atoms with E-state index in [0.717, 1.165) is 43.3 Å². The van der Waals surface area contributed by atoms with E-state index >= 15 is 0 Å². The molecule has 1 aromatic carbocycles. The molecular weight excluding hydrogens is 417 g/mol. The molecule has 0 bridgehead atoms. The molecule has 2 aromatic rings. The summed E-state index contributed by atoms with van der Waals surface area (Å²) in [5, 5.41) is 4.77. The first-order valence-electron chi connectivity index (χ1n) is 10.9. The van der Waals surface area contributed by atoms with Crippen LogP contribution >= 0.6 is 11.6 Å². The van der Waals surface area contributed by atoms with Gasteiger partial charge in [-0.1, -0.05) is 6.07 Å². The van der Waals surface area contributed by atoms with Gasteiger partial charge in [0.25, 0.3) is 0 Å². The number of alkyl halides is 1. The Balaban J connectivity index is 2.05. The summed E-state index contributed by atoms with van der Waals surface area (Å²) in [6, 6.07) is 6.98. The van der Waals surface area contributed by atoms with Crippen molar-refractivity contribution >= 4 is 23.3 Å². The molecule has 1 aromatic heterocycles. The molecule has 1 fully saturated rings. The van der Waals surface area contributed by atoms with E-state index in [0.29, 0.717) is 18.3 Å². The lowest BCUT2D eigenvalue weighted by Gasteiger charge is -2.39. The largest absolute Gasteiger partial charge is 0.354 e. The van der Waals surface area contributed by atoms with Gasteiger partial charge in [0.1, 0.15) is 17.5 Å². The zero-order valence-electron chi connectivity index (χ0n) is 19.1. The van der Waals surface area contributed by atoms with Gasteiger partial charge in [-0.3, -0.25) is 9.69 Å². The molecule has 6 nitrogen and oxygen atoms in total. The molecule has 1 aliphatic rings. The fourth-order valence-electron chi connectivity index (χ4n) is 4.10. The van der Waals surface area contributed by atoms with Crippen LogP contribution in [0.5, 0.6) is 0 Å². The Hall–Kier alpha value is -2.12. The van der Waals surface area contributed by atoms with Crippen molar-refractivity contribution in [2.75, 3.05) is 37.0 Å². The van der Waals surface area contributed by atoms with Gasteiger partial charge in [0, 0.05) is 43.8 Å². The molecule has 8 heteroatoms. The molecule has 1 amide bonds. The third-order valence-corrected chi connectivity index (χ3v) is 6.17. The molecule has 31 heavy (non-hydrogen) atoms. The lowest BCUT2D eigenvalue weighted by Crippen LogP contribution is -2.49. The minimum absolute atomic E-state index is 0.00816. The van der Waals surface area contributed by atoms with Crippen LogP contribution in [0.2, 0.25) is 0 Å². The molecule has 1 aliphatic heterocycles. The molecule has 1 saturated heterocycles. The molecule has 170 valence electrons. The Morgan fingerprint density at radius 2 is 1.87 bits per heavy atom. The number of benzene rings is 1. The molecular formula is C23H33ClFN5O. The second-order valence-corrected chi connectivity index (χ2v) is 8.91. The minimum Gasteiger partial charge on any atom is -0.354 e. The van der Waals surface area contributed by atoms with Crippen molar-refractivity contribution in [3.63, 3.8) is 0 Å². The smallest absolute Gasteiger partial charge is 0.238 e. The zero-order chi connectivity index (χ0) is 22.7. The summed E-state index contributed by atoms with van der Waals surface area (Å²) in [6.07, 6.45) is 0. The number of halogens is 2. The van der Waals surface area contributed by atoms with Crippen molar-refractivity contribution in [1.29, 1.82) is 0 Å². The zero-order valence-corrected chi connectivity index (χ0v) is 19.9. The van der Waals surface area contributed by atoms with Gasteiger partial charge in [-0.15, -0.1) is 11.6 Å². The standard InChI is InChI=1S/C23H33ClFN5O/c1-16(2)27-9-11-28(12-10-27)23-21(15-29(17(3)4)22(31)14-24)18(5)26-30(23)20-8-6-7-19(25)13-20/h6-8,13,16-17H,9-12,14-15H2,1-5H3. The van der Waals surface area contributed by atoms with Gasteiger partial charge < -0.3 is 9.80 Å². The third kappa shape index (κ3) is 5.21. The van der Waals surface area contributed by atoms with E-state index in [1.165, 1.54) is 12.1 Å². The number of anilines is 1. The number of carbonyl (C=O) groups excluding carboxylic acids is 1. The Kier molecular flexibility index (Phi) is 7.59. The second kappa shape index (κ2) is 10.0. The van der Waals surface area contributed by atoms with E-state index < -0.39 is 0 Å². The Morgan fingerprint density at radius 3 is 2.42 bits per heavy atom. The summed E-state index contributed by atoms with van der Waals surface area (Å²) in [5.74, 6) is 0.464.